The number of allylic oxidation sites excluding steroid dienone is 2. The van der Waals surface area contributed by atoms with Crippen molar-refractivity contribution in [2.45, 2.75) is 33.1 Å². The van der Waals surface area contributed by atoms with Crippen molar-refractivity contribution >= 4 is 76.9 Å². The highest BCUT2D eigenvalue weighted by atomic mass is 35.5. The number of benzene rings is 2. The highest BCUT2D eigenvalue weighted by molar-refractivity contribution is 7.24. The Hall–Kier alpha value is -2.24. The first-order valence-corrected chi connectivity index (χ1v) is 13.9. The van der Waals surface area contributed by atoms with E-state index < -0.39 is 0 Å². The van der Waals surface area contributed by atoms with Crippen molar-refractivity contribution in [1.29, 1.82) is 0 Å². The zero-order valence-electron chi connectivity index (χ0n) is 18.3. The number of fused-ring (bicyclic) bond motifs is 2. The molecule has 1 aliphatic rings. The average molecular weight is 505 g/mol. The van der Waals surface area contributed by atoms with Gasteiger partial charge in [0.1, 0.15) is 0 Å². The van der Waals surface area contributed by atoms with Gasteiger partial charge in [-0.25, -0.2) is 0 Å². The van der Waals surface area contributed by atoms with E-state index in [0.29, 0.717) is 0 Å². The molecule has 164 valence electrons. The number of aryl methyl sites for hydroxylation is 2. The molecule has 3 heterocycles. The van der Waals surface area contributed by atoms with Crippen LogP contribution >= 0.6 is 45.6 Å². The van der Waals surface area contributed by atoms with Crippen LogP contribution in [-0.2, 0) is 0 Å². The highest BCUT2D eigenvalue weighted by Gasteiger charge is 2.23. The molecule has 0 amide bonds. The van der Waals surface area contributed by atoms with E-state index in [1.54, 1.807) is 22.7 Å². The Labute approximate surface area is 209 Å². The first-order chi connectivity index (χ1) is 16.0. The smallest absolute Gasteiger partial charge is 0.195 e. The van der Waals surface area contributed by atoms with Crippen molar-refractivity contribution in [2.24, 2.45) is 0 Å². The Bertz CT molecular complexity index is 1650. The maximum absolute atomic E-state index is 13.2. The van der Waals surface area contributed by atoms with Gasteiger partial charge in [-0.05, 0) is 97.3 Å². The van der Waals surface area contributed by atoms with Crippen LogP contribution < -0.4 is 5.43 Å². The molecule has 0 aliphatic heterocycles. The average Bonchev–Trinajstić information content (AvgIpc) is 3.51. The molecule has 33 heavy (non-hydrogen) atoms. The van der Waals surface area contributed by atoms with E-state index in [-0.39, 0.29) is 5.43 Å². The third kappa shape index (κ3) is 3.60. The lowest BCUT2D eigenvalue weighted by molar-refractivity contribution is 0.941. The molecule has 3 aromatic heterocycles. The van der Waals surface area contributed by atoms with Crippen LogP contribution in [0.3, 0.4) is 0 Å². The van der Waals surface area contributed by atoms with E-state index in [1.165, 1.54) is 43.3 Å². The van der Waals surface area contributed by atoms with Crippen molar-refractivity contribution in [1.82, 2.24) is 0 Å². The van der Waals surface area contributed by atoms with Gasteiger partial charge in [-0.15, -0.1) is 34.0 Å². The molecule has 0 spiro atoms. The lowest BCUT2D eigenvalue weighted by Gasteiger charge is -2.07. The van der Waals surface area contributed by atoms with Crippen LogP contribution in [-0.4, -0.2) is 0 Å². The van der Waals surface area contributed by atoms with Crippen LogP contribution in [0.1, 0.15) is 40.1 Å². The fraction of sp³-hybridized carbons (Fsp3) is 0.179. The standard InChI is InChI=1S/C28H21ClOS3/c1-15-21(18-7-5-8-19(18)22-14-27(29)32-16(22)2)13-26(31-15)17-10-11-25-23(12-17)28(30)20-6-3-4-9-24(20)33-25/h3-4,6,9-14H,5,7-8H2,1-2H3. The summed E-state index contributed by atoms with van der Waals surface area (Å²) < 4.78 is 2.95. The molecule has 0 saturated carbocycles. The molecular weight excluding hydrogens is 484 g/mol. The van der Waals surface area contributed by atoms with Gasteiger partial charge in [0.25, 0.3) is 0 Å². The number of thiophene rings is 2. The first-order valence-electron chi connectivity index (χ1n) is 11.0. The Morgan fingerprint density at radius 1 is 0.758 bits per heavy atom. The molecule has 0 radical (unpaired) electrons. The molecular formula is C28H21ClOS3. The fourth-order valence-corrected chi connectivity index (χ4v) is 8.28. The molecule has 1 aliphatic carbocycles. The Morgan fingerprint density at radius 2 is 1.45 bits per heavy atom. The first kappa shape index (κ1) is 21.3. The van der Waals surface area contributed by atoms with E-state index in [1.807, 2.05) is 35.6 Å². The zero-order chi connectivity index (χ0) is 22.7. The normalized spacial score (nSPS) is 14.2. The molecule has 0 N–H and O–H groups in total. The van der Waals surface area contributed by atoms with Gasteiger partial charge in [0.15, 0.2) is 5.43 Å². The van der Waals surface area contributed by atoms with Crippen molar-refractivity contribution < 1.29 is 0 Å². The monoisotopic (exact) mass is 504 g/mol. The molecule has 1 nitrogen and oxygen atoms in total. The predicted molar refractivity (Wildman–Crippen MR) is 148 cm³/mol. The summed E-state index contributed by atoms with van der Waals surface area (Å²) in [5, 5.41) is 1.62. The lowest BCUT2D eigenvalue weighted by Crippen LogP contribution is -2.00. The van der Waals surface area contributed by atoms with Gasteiger partial charge in [0, 0.05) is 34.8 Å². The second kappa shape index (κ2) is 8.21. The highest BCUT2D eigenvalue weighted by Crippen LogP contribution is 2.46. The molecule has 5 aromatic rings. The van der Waals surface area contributed by atoms with Crippen molar-refractivity contribution in [3.05, 3.63) is 90.0 Å². The van der Waals surface area contributed by atoms with Crippen molar-refractivity contribution in [2.75, 3.05) is 0 Å². The Balaban J connectivity index is 1.48. The molecule has 0 bridgehead atoms. The van der Waals surface area contributed by atoms with E-state index in [0.717, 1.165) is 42.9 Å². The zero-order valence-corrected chi connectivity index (χ0v) is 21.5. The summed E-state index contributed by atoms with van der Waals surface area (Å²) in [4.78, 5) is 17.0. The molecule has 0 unspecified atom stereocenters. The van der Waals surface area contributed by atoms with Gasteiger partial charge in [-0.3, -0.25) is 4.79 Å². The number of halogens is 1. The van der Waals surface area contributed by atoms with Gasteiger partial charge in [-0.1, -0.05) is 29.8 Å². The fourth-order valence-electron chi connectivity index (χ4n) is 4.96. The minimum atomic E-state index is 0.125. The molecule has 2 aromatic carbocycles. The summed E-state index contributed by atoms with van der Waals surface area (Å²) in [7, 11) is 0. The van der Waals surface area contributed by atoms with E-state index >= 15 is 0 Å². The van der Waals surface area contributed by atoms with Crippen LogP contribution in [0.5, 0.6) is 0 Å². The van der Waals surface area contributed by atoms with Gasteiger partial charge < -0.3 is 0 Å². The molecule has 6 rings (SSSR count). The van der Waals surface area contributed by atoms with Crippen LogP contribution in [0, 0.1) is 13.8 Å². The summed E-state index contributed by atoms with van der Waals surface area (Å²) in [5.41, 5.74) is 6.84. The van der Waals surface area contributed by atoms with Gasteiger partial charge in [0.05, 0.1) is 4.34 Å². The summed E-state index contributed by atoms with van der Waals surface area (Å²) in [6, 6.07) is 18.7. The summed E-state index contributed by atoms with van der Waals surface area (Å²) in [6.07, 6.45) is 3.40. The minimum Gasteiger partial charge on any atom is -0.289 e. The minimum absolute atomic E-state index is 0.125. The van der Waals surface area contributed by atoms with Crippen LogP contribution in [0.4, 0.5) is 0 Å². The number of hydrogen-bond acceptors (Lipinski definition) is 4. The van der Waals surface area contributed by atoms with E-state index in [9.17, 15) is 4.79 Å². The second-order valence-corrected chi connectivity index (χ2v) is 12.8. The summed E-state index contributed by atoms with van der Waals surface area (Å²) in [5.74, 6) is 0. The quantitative estimate of drug-likeness (QED) is 0.223. The predicted octanol–water partition coefficient (Wildman–Crippen LogP) is 9.57. The summed E-state index contributed by atoms with van der Waals surface area (Å²) >= 11 is 11.5. The van der Waals surface area contributed by atoms with Crippen molar-refractivity contribution in [3.8, 4) is 10.4 Å². The molecule has 5 heteroatoms. The van der Waals surface area contributed by atoms with Crippen LogP contribution in [0.25, 0.3) is 41.8 Å². The van der Waals surface area contributed by atoms with E-state index in [4.69, 9.17) is 11.6 Å². The van der Waals surface area contributed by atoms with Gasteiger partial charge in [0.2, 0.25) is 0 Å². The lowest BCUT2D eigenvalue weighted by atomic mass is 9.97. The topological polar surface area (TPSA) is 17.1 Å². The SMILES string of the molecule is Cc1sc(Cl)cc1C1=C(c2cc(-c3ccc4sc5ccccc5c(=O)c4c3)sc2C)CCC1. The van der Waals surface area contributed by atoms with Gasteiger partial charge >= 0.3 is 0 Å². The maximum Gasteiger partial charge on any atom is 0.195 e. The van der Waals surface area contributed by atoms with Crippen LogP contribution in [0.2, 0.25) is 4.34 Å². The summed E-state index contributed by atoms with van der Waals surface area (Å²) in [6.45, 7) is 4.39. The Kier molecular flexibility index (Phi) is 5.30. The third-order valence-corrected chi connectivity index (χ3v) is 9.96. The largest absolute Gasteiger partial charge is 0.289 e. The Morgan fingerprint density at radius 3 is 2.21 bits per heavy atom. The maximum atomic E-state index is 13.2. The molecule has 0 fully saturated rings. The van der Waals surface area contributed by atoms with Crippen molar-refractivity contribution in [3.63, 3.8) is 0 Å². The van der Waals surface area contributed by atoms with E-state index in [2.05, 4.69) is 44.2 Å². The third-order valence-electron chi connectivity index (χ3n) is 6.53. The number of rotatable bonds is 3. The second-order valence-electron chi connectivity index (χ2n) is 8.55. The number of hydrogen-bond donors (Lipinski definition) is 0. The molecule has 0 saturated heterocycles. The molecule has 0 atom stereocenters. The van der Waals surface area contributed by atoms with Crippen LogP contribution in [0.15, 0.2) is 59.4 Å². The van der Waals surface area contributed by atoms with Gasteiger partial charge in [-0.2, -0.15) is 0 Å².